The van der Waals surface area contributed by atoms with Crippen molar-refractivity contribution in [1.82, 2.24) is 9.97 Å². The minimum absolute atomic E-state index is 0.138. The molecule has 5 nitrogen and oxygen atoms in total. The van der Waals surface area contributed by atoms with Crippen LogP contribution in [0.1, 0.15) is 25.7 Å². The second-order valence-corrected chi connectivity index (χ2v) is 5.73. The second-order valence-electron chi connectivity index (χ2n) is 5.73. The van der Waals surface area contributed by atoms with Crippen LogP contribution in [0.5, 0.6) is 0 Å². The Morgan fingerprint density at radius 2 is 2.10 bits per heavy atom. The Bertz CT molecular complexity index is 616. The Labute approximate surface area is 124 Å². The Morgan fingerprint density at radius 1 is 1.24 bits per heavy atom. The molecular weight excluding hydrogens is 264 g/mol. The third-order valence-electron chi connectivity index (χ3n) is 4.14. The number of aliphatic hydroxyl groups is 1. The first-order chi connectivity index (χ1) is 10.3. The molecule has 2 atom stereocenters. The minimum Gasteiger partial charge on any atom is -0.393 e. The largest absolute Gasteiger partial charge is 0.393 e. The SMILES string of the molecule is CNc1nc(NCC2CCCC(O)C2)c2ccccc2n1. The molecule has 0 saturated heterocycles. The highest BCUT2D eigenvalue weighted by Gasteiger charge is 2.20. The van der Waals surface area contributed by atoms with Crippen molar-refractivity contribution in [2.24, 2.45) is 5.92 Å². The standard InChI is InChI=1S/C16H22N4O/c1-17-16-19-14-8-3-2-7-13(14)15(20-16)18-10-11-5-4-6-12(21)9-11/h2-3,7-8,11-12,21H,4-6,9-10H2,1H3,(H2,17,18,19,20). The maximum atomic E-state index is 9.77. The average Bonchev–Trinajstić information content (AvgIpc) is 2.52. The number of nitrogens with one attached hydrogen (secondary N) is 2. The molecule has 0 radical (unpaired) electrons. The van der Waals surface area contributed by atoms with Crippen molar-refractivity contribution in [2.75, 3.05) is 24.2 Å². The molecule has 1 saturated carbocycles. The van der Waals surface area contributed by atoms with Gasteiger partial charge >= 0.3 is 0 Å². The molecule has 1 aliphatic carbocycles. The fraction of sp³-hybridized carbons (Fsp3) is 0.500. The van der Waals surface area contributed by atoms with E-state index in [0.29, 0.717) is 11.9 Å². The summed E-state index contributed by atoms with van der Waals surface area (Å²) < 4.78 is 0. The molecular formula is C16H22N4O. The lowest BCUT2D eigenvalue weighted by Crippen LogP contribution is -2.25. The molecule has 5 heteroatoms. The number of aliphatic hydroxyl groups excluding tert-OH is 1. The highest BCUT2D eigenvalue weighted by molar-refractivity contribution is 5.89. The molecule has 1 aliphatic rings. The van der Waals surface area contributed by atoms with E-state index in [4.69, 9.17) is 0 Å². The monoisotopic (exact) mass is 286 g/mol. The first-order valence-corrected chi connectivity index (χ1v) is 7.62. The van der Waals surface area contributed by atoms with E-state index < -0.39 is 0 Å². The van der Waals surface area contributed by atoms with Gasteiger partial charge in [-0.15, -0.1) is 0 Å². The van der Waals surface area contributed by atoms with Crippen molar-refractivity contribution < 1.29 is 5.11 Å². The smallest absolute Gasteiger partial charge is 0.224 e. The van der Waals surface area contributed by atoms with E-state index in [1.165, 1.54) is 6.42 Å². The predicted octanol–water partition coefficient (Wildman–Crippen LogP) is 2.63. The fourth-order valence-electron chi connectivity index (χ4n) is 3.01. The van der Waals surface area contributed by atoms with Crippen LogP contribution in [0.15, 0.2) is 24.3 Å². The molecule has 0 aliphatic heterocycles. The van der Waals surface area contributed by atoms with Crippen LogP contribution < -0.4 is 10.6 Å². The molecule has 2 unspecified atom stereocenters. The molecule has 0 bridgehead atoms. The summed E-state index contributed by atoms with van der Waals surface area (Å²) >= 11 is 0. The highest BCUT2D eigenvalue weighted by atomic mass is 16.3. The van der Waals surface area contributed by atoms with E-state index in [1.807, 2.05) is 31.3 Å². The average molecular weight is 286 g/mol. The van der Waals surface area contributed by atoms with Crippen LogP contribution >= 0.6 is 0 Å². The van der Waals surface area contributed by atoms with Gasteiger partial charge in [0.15, 0.2) is 0 Å². The number of hydrogen-bond acceptors (Lipinski definition) is 5. The van der Waals surface area contributed by atoms with E-state index in [1.54, 1.807) is 0 Å². The van der Waals surface area contributed by atoms with Crippen LogP contribution in [-0.4, -0.2) is 34.8 Å². The van der Waals surface area contributed by atoms with Gasteiger partial charge in [0.2, 0.25) is 5.95 Å². The van der Waals surface area contributed by atoms with E-state index in [2.05, 4.69) is 20.6 Å². The van der Waals surface area contributed by atoms with Gasteiger partial charge in [-0.25, -0.2) is 4.98 Å². The zero-order valence-corrected chi connectivity index (χ0v) is 12.3. The Morgan fingerprint density at radius 3 is 2.90 bits per heavy atom. The number of benzene rings is 1. The zero-order valence-electron chi connectivity index (χ0n) is 12.3. The summed E-state index contributed by atoms with van der Waals surface area (Å²) in [4.78, 5) is 8.99. The number of fused-ring (bicyclic) bond motifs is 1. The summed E-state index contributed by atoms with van der Waals surface area (Å²) in [5.41, 5.74) is 0.933. The van der Waals surface area contributed by atoms with Gasteiger partial charge in [-0.1, -0.05) is 18.6 Å². The van der Waals surface area contributed by atoms with E-state index in [0.717, 1.165) is 42.5 Å². The Hall–Kier alpha value is -1.88. The number of para-hydroxylation sites is 1. The van der Waals surface area contributed by atoms with Gasteiger partial charge < -0.3 is 15.7 Å². The Kier molecular flexibility index (Phi) is 4.20. The summed E-state index contributed by atoms with van der Waals surface area (Å²) in [5, 5.41) is 17.3. The summed E-state index contributed by atoms with van der Waals surface area (Å²) in [5.74, 6) is 2.01. The molecule has 3 N–H and O–H groups in total. The molecule has 2 aromatic rings. The summed E-state index contributed by atoms with van der Waals surface area (Å²) in [6, 6.07) is 8.01. The van der Waals surface area contributed by atoms with E-state index in [9.17, 15) is 5.11 Å². The van der Waals surface area contributed by atoms with Crippen molar-refractivity contribution >= 4 is 22.7 Å². The lowest BCUT2D eigenvalue weighted by Gasteiger charge is -2.26. The molecule has 1 fully saturated rings. The zero-order chi connectivity index (χ0) is 14.7. The summed E-state index contributed by atoms with van der Waals surface area (Å²) in [6.07, 6.45) is 3.97. The molecule has 21 heavy (non-hydrogen) atoms. The van der Waals surface area contributed by atoms with Gasteiger partial charge in [-0.05, 0) is 37.3 Å². The highest BCUT2D eigenvalue weighted by Crippen LogP contribution is 2.26. The van der Waals surface area contributed by atoms with Crippen LogP contribution in [0.3, 0.4) is 0 Å². The third-order valence-corrected chi connectivity index (χ3v) is 4.14. The van der Waals surface area contributed by atoms with Crippen molar-refractivity contribution in [2.45, 2.75) is 31.8 Å². The first-order valence-electron chi connectivity index (χ1n) is 7.62. The number of rotatable bonds is 4. The van der Waals surface area contributed by atoms with Crippen LogP contribution in [0.4, 0.5) is 11.8 Å². The van der Waals surface area contributed by atoms with Gasteiger partial charge in [0.1, 0.15) is 5.82 Å². The second kappa shape index (κ2) is 6.26. The van der Waals surface area contributed by atoms with Crippen LogP contribution in [0, 0.1) is 5.92 Å². The third kappa shape index (κ3) is 3.24. The summed E-state index contributed by atoms with van der Waals surface area (Å²) in [7, 11) is 1.82. The van der Waals surface area contributed by atoms with Crippen molar-refractivity contribution in [3.05, 3.63) is 24.3 Å². The predicted molar refractivity (Wildman–Crippen MR) is 85.5 cm³/mol. The van der Waals surface area contributed by atoms with Crippen molar-refractivity contribution in [3.8, 4) is 0 Å². The van der Waals surface area contributed by atoms with Gasteiger partial charge in [0.05, 0.1) is 11.6 Å². The molecule has 3 rings (SSSR count). The molecule has 0 spiro atoms. The lowest BCUT2D eigenvalue weighted by atomic mass is 9.87. The van der Waals surface area contributed by atoms with Crippen molar-refractivity contribution in [3.63, 3.8) is 0 Å². The summed E-state index contributed by atoms with van der Waals surface area (Å²) in [6.45, 7) is 0.848. The number of nitrogens with zero attached hydrogens (tertiary/aromatic N) is 2. The molecule has 1 heterocycles. The number of anilines is 2. The van der Waals surface area contributed by atoms with E-state index >= 15 is 0 Å². The normalized spacial score (nSPS) is 22.2. The van der Waals surface area contributed by atoms with Gasteiger partial charge in [-0.3, -0.25) is 0 Å². The number of hydrogen-bond donors (Lipinski definition) is 3. The lowest BCUT2D eigenvalue weighted by molar-refractivity contribution is 0.104. The number of aromatic nitrogens is 2. The maximum absolute atomic E-state index is 9.77. The molecule has 1 aromatic heterocycles. The minimum atomic E-state index is -0.138. The molecule has 112 valence electrons. The van der Waals surface area contributed by atoms with Gasteiger partial charge in [0, 0.05) is 19.0 Å². The van der Waals surface area contributed by atoms with Gasteiger partial charge in [0.25, 0.3) is 0 Å². The molecule has 0 amide bonds. The first kappa shape index (κ1) is 14.1. The topological polar surface area (TPSA) is 70.1 Å². The van der Waals surface area contributed by atoms with Crippen LogP contribution in [0.25, 0.3) is 10.9 Å². The maximum Gasteiger partial charge on any atom is 0.224 e. The Balaban J connectivity index is 1.79. The van der Waals surface area contributed by atoms with Crippen molar-refractivity contribution in [1.29, 1.82) is 0 Å². The van der Waals surface area contributed by atoms with Gasteiger partial charge in [-0.2, -0.15) is 4.98 Å². The quantitative estimate of drug-likeness (QED) is 0.806. The van der Waals surface area contributed by atoms with E-state index in [-0.39, 0.29) is 6.10 Å². The van der Waals surface area contributed by atoms with Crippen LogP contribution in [0.2, 0.25) is 0 Å². The van der Waals surface area contributed by atoms with Crippen LogP contribution in [-0.2, 0) is 0 Å². The fourth-order valence-corrected chi connectivity index (χ4v) is 3.01. The molecule has 1 aromatic carbocycles.